The molecule has 34 heavy (non-hydrogen) atoms. The molecule has 8 nitrogen and oxygen atoms in total. The first-order valence-corrected chi connectivity index (χ1v) is 10.8. The van der Waals surface area contributed by atoms with Crippen molar-refractivity contribution in [3.63, 3.8) is 0 Å². The molecule has 1 unspecified atom stereocenters. The fourth-order valence-electron chi connectivity index (χ4n) is 3.98. The van der Waals surface area contributed by atoms with E-state index in [9.17, 15) is 23.9 Å². The number of carbonyl (C=O) groups excluding carboxylic acids is 2. The lowest BCUT2D eigenvalue weighted by Gasteiger charge is -2.27. The molecule has 2 aromatic rings. The molecule has 1 aliphatic heterocycles. The number of ketones is 1. The average Bonchev–Trinajstić information content (AvgIpc) is 3.08. The Balaban J connectivity index is 2.06. The molecular weight excluding hydrogens is 445 g/mol. The summed E-state index contributed by atoms with van der Waals surface area (Å²) in [6.45, 7) is 0.171. The minimum absolute atomic E-state index is 0.0130. The monoisotopic (exact) mass is 471 g/mol. The summed E-state index contributed by atoms with van der Waals surface area (Å²) in [5, 5.41) is 19.8. The van der Waals surface area contributed by atoms with Crippen LogP contribution in [0.25, 0.3) is 5.76 Å². The smallest absolute Gasteiger partial charge is 0.303 e. The number of rotatable bonds is 10. The zero-order chi connectivity index (χ0) is 24.8. The zero-order valence-electron chi connectivity index (χ0n) is 18.9. The Hall–Kier alpha value is -3.88. The number of halogens is 1. The van der Waals surface area contributed by atoms with Crippen LogP contribution in [0.15, 0.2) is 48.0 Å². The number of methoxy groups -OCH3 is 2. The van der Waals surface area contributed by atoms with Gasteiger partial charge in [0.25, 0.3) is 11.7 Å². The summed E-state index contributed by atoms with van der Waals surface area (Å²) in [5.74, 6) is -2.62. The molecule has 9 heteroatoms. The molecule has 0 aromatic heterocycles. The maximum absolute atomic E-state index is 13.4. The standard InChI is InChI=1S/C25H26FNO7/c1-33-17-11-12-18(19(14-17)34-2)22-21(23(30)15-7-9-16(26)10-8-15)24(31)25(32)27(22)13-5-3-4-6-20(28)29/h7-12,14,22,30H,3-6,13H2,1-2H3,(H,28,29)/b23-21-. The van der Waals surface area contributed by atoms with Gasteiger partial charge in [-0.1, -0.05) is 6.42 Å². The van der Waals surface area contributed by atoms with Gasteiger partial charge in [-0.3, -0.25) is 14.4 Å². The maximum atomic E-state index is 13.4. The summed E-state index contributed by atoms with van der Waals surface area (Å²) in [6.07, 6.45) is 1.45. The first-order valence-electron chi connectivity index (χ1n) is 10.8. The van der Waals surface area contributed by atoms with E-state index in [2.05, 4.69) is 0 Å². The molecule has 2 aromatic carbocycles. The minimum atomic E-state index is -0.953. The van der Waals surface area contributed by atoms with E-state index in [1.807, 2.05) is 0 Å². The van der Waals surface area contributed by atoms with Crippen LogP contribution in [0.3, 0.4) is 0 Å². The number of hydrogen-bond donors (Lipinski definition) is 2. The molecule has 2 N–H and O–H groups in total. The van der Waals surface area contributed by atoms with E-state index >= 15 is 0 Å². The third-order valence-electron chi connectivity index (χ3n) is 5.68. The van der Waals surface area contributed by atoms with Crippen LogP contribution in [0.2, 0.25) is 0 Å². The summed E-state index contributed by atoms with van der Waals surface area (Å²) in [5.41, 5.74) is 0.528. The van der Waals surface area contributed by atoms with Crippen LogP contribution in [0.1, 0.15) is 42.9 Å². The van der Waals surface area contributed by atoms with Crippen molar-refractivity contribution in [2.45, 2.75) is 31.7 Å². The summed E-state index contributed by atoms with van der Waals surface area (Å²) >= 11 is 0. The third-order valence-corrected chi connectivity index (χ3v) is 5.68. The van der Waals surface area contributed by atoms with Gasteiger partial charge < -0.3 is 24.6 Å². The predicted octanol–water partition coefficient (Wildman–Crippen LogP) is 3.91. The van der Waals surface area contributed by atoms with Crippen molar-refractivity contribution >= 4 is 23.4 Å². The van der Waals surface area contributed by atoms with Crippen LogP contribution in [-0.4, -0.2) is 53.5 Å². The number of unbranched alkanes of at least 4 members (excludes halogenated alkanes) is 2. The number of aliphatic hydroxyl groups excluding tert-OH is 1. The fourth-order valence-corrected chi connectivity index (χ4v) is 3.98. The topological polar surface area (TPSA) is 113 Å². The highest BCUT2D eigenvalue weighted by Crippen LogP contribution is 2.43. The number of amides is 1. The number of aliphatic carboxylic acids is 1. The number of carboxylic acid groups (broad SMARTS) is 1. The highest BCUT2D eigenvalue weighted by molar-refractivity contribution is 6.46. The Morgan fingerprint density at radius 1 is 1.00 bits per heavy atom. The van der Waals surface area contributed by atoms with Crippen molar-refractivity contribution in [1.29, 1.82) is 0 Å². The van der Waals surface area contributed by atoms with Gasteiger partial charge in [-0.2, -0.15) is 0 Å². The second kappa shape index (κ2) is 10.8. The maximum Gasteiger partial charge on any atom is 0.303 e. The Morgan fingerprint density at radius 2 is 1.71 bits per heavy atom. The molecule has 0 spiro atoms. The number of Topliss-reactive ketones (excluding diaryl/α,β-unsaturated/α-hetero) is 1. The van der Waals surface area contributed by atoms with Gasteiger partial charge in [0, 0.05) is 30.2 Å². The number of ether oxygens (including phenoxy) is 2. The summed E-state index contributed by atoms with van der Waals surface area (Å²) < 4.78 is 24.1. The first-order chi connectivity index (χ1) is 16.3. The van der Waals surface area contributed by atoms with Gasteiger partial charge in [0.15, 0.2) is 0 Å². The van der Waals surface area contributed by atoms with Gasteiger partial charge in [-0.25, -0.2) is 4.39 Å². The largest absolute Gasteiger partial charge is 0.507 e. The highest BCUT2D eigenvalue weighted by atomic mass is 19.1. The van der Waals surface area contributed by atoms with Crippen LogP contribution >= 0.6 is 0 Å². The van der Waals surface area contributed by atoms with Crippen molar-refractivity contribution < 1.29 is 38.5 Å². The van der Waals surface area contributed by atoms with E-state index in [4.69, 9.17) is 14.6 Å². The van der Waals surface area contributed by atoms with E-state index in [0.717, 1.165) is 12.1 Å². The molecule has 1 amide bonds. The van der Waals surface area contributed by atoms with Gasteiger partial charge in [0.1, 0.15) is 23.1 Å². The van der Waals surface area contributed by atoms with Crippen LogP contribution in [-0.2, 0) is 14.4 Å². The molecule has 1 heterocycles. The van der Waals surface area contributed by atoms with E-state index in [0.29, 0.717) is 36.3 Å². The van der Waals surface area contributed by atoms with Crippen LogP contribution in [0, 0.1) is 5.82 Å². The fraction of sp³-hybridized carbons (Fsp3) is 0.320. The number of carboxylic acids is 1. The molecule has 3 rings (SSSR count). The molecule has 0 bridgehead atoms. The summed E-state index contributed by atoms with van der Waals surface area (Å²) in [6, 6.07) is 8.92. The predicted molar refractivity (Wildman–Crippen MR) is 121 cm³/mol. The number of likely N-dealkylation sites (tertiary alicyclic amines) is 1. The minimum Gasteiger partial charge on any atom is -0.507 e. The molecule has 0 radical (unpaired) electrons. The zero-order valence-corrected chi connectivity index (χ0v) is 18.9. The molecule has 180 valence electrons. The third kappa shape index (κ3) is 5.19. The van der Waals surface area contributed by atoms with Crippen molar-refractivity contribution in [1.82, 2.24) is 4.90 Å². The van der Waals surface area contributed by atoms with Gasteiger partial charge >= 0.3 is 5.97 Å². The Labute approximate surface area is 196 Å². The molecule has 1 fully saturated rings. The SMILES string of the molecule is COc1ccc(C2/C(=C(/O)c3ccc(F)cc3)C(=O)C(=O)N2CCCCCC(=O)O)c(OC)c1. The number of aliphatic hydroxyl groups is 1. The quantitative estimate of drug-likeness (QED) is 0.234. The molecule has 1 atom stereocenters. The first kappa shape index (κ1) is 24.8. The van der Waals surface area contributed by atoms with E-state index in [-0.39, 0.29) is 24.1 Å². The average molecular weight is 471 g/mol. The van der Waals surface area contributed by atoms with Crippen molar-refractivity contribution in [3.05, 3.63) is 65.0 Å². The second-order valence-electron chi connectivity index (χ2n) is 7.81. The van der Waals surface area contributed by atoms with Crippen LogP contribution < -0.4 is 9.47 Å². The lowest BCUT2D eigenvalue weighted by Crippen LogP contribution is -2.31. The van der Waals surface area contributed by atoms with Crippen LogP contribution in [0.4, 0.5) is 4.39 Å². The summed E-state index contributed by atoms with van der Waals surface area (Å²) in [4.78, 5) is 38.2. The Morgan fingerprint density at radius 3 is 2.32 bits per heavy atom. The number of nitrogens with zero attached hydrogens (tertiary/aromatic N) is 1. The van der Waals surface area contributed by atoms with Crippen LogP contribution in [0.5, 0.6) is 11.5 Å². The summed E-state index contributed by atoms with van der Waals surface area (Å²) in [7, 11) is 2.93. The van der Waals surface area contributed by atoms with E-state index < -0.39 is 35.3 Å². The number of carbonyl (C=O) groups is 3. The Bertz CT molecular complexity index is 1110. The van der Waals surface area contributed by atoms with Gasteiger partial charge in [0.2, 0.25) is 0 Å². The number of benzene rings is 2. The van der Waals surface area contributed by atoms with Gasteiger partial charge in [-0.15, -0.1) is 0 Å². The highest BCUT2D eigenvalue weighted by Gasteiger charge is 2.46. The molecule has 1 saturated heterocycles. The van der Waals surface area contributed by atoms with Gasteiger partial charge in [-0.05, 0) is 49.2 Å². The van der Waals surface area contributed by atoms with Gasteiger partial charge in [0.05, 0.1) is 25.8 Å². The van der Waals surface area contributed by atoms with E-state index in [1.54, 1.807) is 18.2 Å². The molecular formula is C25H26FNO7. The normalized spacial score (nSPS) is 17.1. The molecule has 0 saturated carbocycles. The van der Waals surface area contributed by atoms with Crippen molar-refractivity contribution in [2.24, 2.45) is 0 Å². The second-order valence-corrected chi connectivity index (χ2v) is 7.81. The van der Waals surface area contributed by atoms with Crippen molar-refractivity contribution in [3.8, 4) is 11.5 Å². The number of hydrogen-bond acceptors (Lipinski definition) is 6. The van der Waals surface area contributed by atoms with E-state index in [1.165, 1.54) is 31.3 Å². The lowest BCUT2D eigenvalue weighted by molar-refractivity contribution is -0.140. The molecule has 1 aliphatic rings. The molecule has 0 aliphatic carbocycles. The Kier molecular flexibility index (Phi) is 7.88. The lowest BCUT2D eigenvalue weighted by atomic mass is 9.94. The van der Waals surface area contributed by atoms with Crippen molar-refractivity contribution in [2.75, 3.05) is 20.8 Å².